The Morgan fingerprint density at radius 1 is 1.24 bits per heavy atom. The van der Waals surface area contributed by atoms with Crippen LogP contribution >= 0.6 is 0 Å². The van der Waals surface area contributed by atoms with Crippen LogP contribution in [0.15, 0.2) is 42.5 Å². The molecule has 1 heterocycles. The molecule has 6 heteroatoms. The Bertz CT molecular complexity index is 919. The summed E-state index contributed by atoms with van der Waals surface area (Å²) < 4.78 is 19.8. The summed E-state index contributed by atoms with van der Waals surface area (Å²) in [6.07, 6.45) is 3.58. The van der Waals surface area contributed by atoms with E-state index in [9.17, 15) is 14.3 Å². The number of rotatable bonds is 13. The molecule has 2 aromatic rings. The van der Waals surface area contributed by atoms with Gasteiger partial charge in [-0.1, -0.05) is 36.4 Å². The Morgan fingerprint density at radius 2 is 2.03 bits per heavy atom. The van der Waals surface area contributed by atoms with Crippen LogP contribution in [0.3, 0.4) is 0 Å². The molecule has 2 aromatic carbocycles. The summed E-state index contributed by atoms with van der Waals surface area (Å²) in [4.78, 5) is 13.0. The van der Waals surface area contributed by atoms with Gasteiger partial charge in [-0.05, 0) is 74.3 Å². The standard InChI is InChI=1S/C27H36FNO4/c1-19-11-12-21(16-26(19)28)15-23-13-14-29(23)17-24(30)18-33-20(2)25-9-5-3-7-22(25)8-4-6-10-27(31)32/h3,5,7,9,11-12,16,20,23-24,30H,4,6,8,10,13-15,17-18H2,1-2H3,(H,31,32)/t20-,23+,24-/m1/s1. The van der Waals surface area contributed by atoms with Crippen molar-refractivity contribution in [3.8, 4) is 0 Å². The third-order valence-electron chi connectivity index (χ3n) is 6.54. The van der Waals surface area contributed by atoms with Gasteiger partial charge in [0.15, 0.2) is 0 Å². The van der Waals surface area contributed by atoms with Gasteiger partial charge in [-0.2, -0.15) is 0 Å². The first-order chi connectivity index (χ1) is 15.8. The van der Waals surface area contributed by atoms with Crippen LogP contribution in [0.2, 0.25) is 0 Å². The van der Waals surface area contributed by atoms with E-state index in [1.165, 1.54) is 0 Å². The lowest BCUT2D eigenvalue weighted by atomic mass is 9.94. The van der Waals surface area contributed by atoms with Crippen LogP contribution in [0, 0.1) is 12.7 Å². The molecule has 0 saturated carbocycles. The number of hydrogen-bond donors (Lipinski definition) is 2. The second-order valence-electron chi connectivity index (χ2n) is 9.15. The number of aliphatic carboxylic acids is 1. The Hall–Kier alpha value is -2.28. The van der Waals surface area contributed by atoms with Crippen LogP contribution in [0.5, 0.6) is 0 Å². The van der Waals surface area contributed by atoms with E-state index in [2.05, 4.69) is 11.0 Å². The highest BCUT2D eigenvalue weighted by Gasteiger charge is 2.29. The highest BCUT2D eigenvalue weighted by Crippen LogP contribution is 2.25. The molecule has 0 spiro atoms. The van der Waals surface area contributed by atoms with Gasteiger partial charge in [0.05, 0.1) is 18.8 Å². The number of carboxylic acid groups (broad SMARTS) is 1. The summed E-state index contributed by atoms with van der Waals surface area (Å²) in [5, 5.41) is 19.4. The molecule has 1 aliphatic heterocycles. The predicted molar refractivity (Wildman–Crippen MR) is 127 cm³/mol. The number of β-amino-alcohol motifs (C(OH)–C–C–N with tert-alkyl or cyclic N) is 1. The first-order valence-electron chi connectivity index (χ1n) is 11.9. The van der Waals surface area contributed by atoms with Crippen molar-refractivity contribution in [2.45, 2.75) is 70.6 Å². The molecule has 180 valence electrons. The van der Waals surface area contributed by atoms with Crippen LogP contribution in [0.4, 0.5) is 4.39 Å². The maximum Gasteiger partial charge on any atom is 0.303 e. The van der Waals surface area contributed by atoms with Gasteiger partial charge in [0.25, 0.3) is 0 Å². The van der Waals surface area contributed by atoms with E-state index < -0.39 is 12.1 Å². The average molecular weight is 458 g/mol. The summed E-state index contributed by atoms with van der Waals surface area (Å²) in [5.41, 5.74) is 3.90. The summed E-state index contributed by atoms with van der Waals surface area (Å²) in [6.45, 7) is 5.48. The third kappa shape index (κ3) is 7.63. The molecule has 5 nitrogen and oxygen atoms in total. The predicted octanol–water partition coefficient (Wildman–Crippen LogP) is 4.69. The highest BCUT2D eigenvalue weighted by atomic mass is 19.1. The smallest absolute Gasteiger partial charge is 0.303 e. The molecule has 2 N–H and O–H groups in total. The van der Waals surface area contributed by atoms with Gasteiger partial charge in [0.1, 0.15) is 5.82 Å². The topological polar surface area (TPSA) is 70.0 Å². The number of aliphatic hydroxyl groups is 1. The zero-order valence-corrected chi connectivity index (χ0v) is 19.7. The van der Waals surface area contributed by atoms with Crippen molar-refractivity contribution in [3.63, 3.8) is 0 Å². The second-order valence-corrected chi connectivity index (χ2v) is 9.15. The molecule has 0 unspecified atom stereocenters. The van der Waals surface area contributed by atoms with Gasteiger partial charge in [0, 0.05) is 25.6 Å². The Kier molecular flexibility index (Phi) is 9.41. The van der Waals surface area contributed by atoms with E-state index in [-0.39, 0.29) is 24.9 Å². The van der Waals surface area contributed by atoms with Gasteiger partial charge in [0.2, 0.25) is 0 Å². The van der Waals surface area contributed by atoms with Crippen molar-refractivity contribution in [1.29, 1.82) is 0 Å². The molecule has 0 bridgehead atoms. The van der Waals surface area contributed by atoms with Gasteiger partial charge in [-0.25, -0.2) is 4.39 Å². The number of benzene rings is 2. The van der Waals surface area contributed by atoms with Gasteiger partial charge < -0.3 is 14.9 Å². The van der Waals surface area contributed by atoms with E-state index >= 15 is 0 Å². The first kappa shape index (κ1) is 25.3. The summed E-state index contributed by atoms with van der Waals surface area (Å²) in [7, 11) is 0. The highest BCUT2D eigenvalue weighted by molar-refractivity contribution is 5.66. The van der Waals surface area contributed by atoms with Crippen molar-refractivity contribution in [2.24, 2.45) is 0 Å². The molecule has 0 radical (unpaired) electrons. The van der Waals surface area contributed by atoms with E-state index in [1.807, 2.05) is 37.3 Å². The number of halogens is 1. The molecule has 1 fully saturated rings. The molecular formula is C27H36FNO4. The fourth-order valence-corrected chi connectivity index (χ4v) is 4.42. The molecule has 3 atom stereocenters. The van der Waals surface area contributed by atoms with Gasteiger partial charge in [-0.15, -0.1) is 0 Å². The number of hydrogen-bond acceptors (Lipinski definition) is 4. The van der Waals surface area contributed by atoms with Crippen LogP contribution < -0.4 is 0 Å². The fraction of sp³-hybridized carbons (Fsp3) is 0.519. The zero-order chi connectivity index (χ0) is 23.8. The fourth-order valence-electron chi connectivity index (χ4n) is 4.42. The van der Waals surface area contributed by atoms with Crippen LogP contribution in [0.1, 0.15) is 61.0 Å². The number of carboxylic acids is 1. The minimum atomic E-state index is -0.760. The van der Waals surface area contributed by atoms with Gasteiger partial charge in [-0.3, -0.25) is 9.69 Å². The number of unbranched alkanes of at least 4 members (excludes halogenated alkanes) is 1. The Balaban J connectivity index is 1.44. The van der Waals surface area contributed by atoms with Crippen molar-refractivity contribution >= 4 is 5.97 Å². The summed E-state index contributed by atoms with van der Waals surface area (Å²) in [5.74, 6) is -0.924. The van der Waals surface area contributed by atoms with Crippen molar-refractivity contribution < 1.29 is 24.1 Å². The van der Waals surface area contributed by atoms with E-state index in [0.29, 0.717) is 24.6 Å². The van der Waals surface area contributed by atoms with Crippen molar-refractivity contribution in [1.82, 2.24) is 4.90 Å². The second kappa shape index (κ2) is 12.3. The Morgan fingerprint density at radius 3 is 2.73 bits per heavy atom. The monoisotopic (exact) mass is 457 g/mol. The van der Waals surface area contributed by atoms with Gasteiger partial charge >= 0.3 is 5.97 Å². The van der Waals surface area contributed by atoms with E-state index in [4.69, 9.17) is 9.84 Å². The van der Waals surface area contributed by atoms with Crippen LogP contribution in [-0.4, -0.2) is 52.9 Å². The minimum absolute atomic E-state index is 0.155. The molecule has 0 aliphatic carbocycles. The molecule has 0 amide bonds. The first-order valence-corrected chi connectivity index (χ1v) is 11.9. The number of nitrogens with zero attached hydrogens (tertiary/aromatic N) is 1. The number of likely N-dealkylation sites (tertiary alicyclic amines) is 1. The van der Waals surface area contributed by atoms with E-state index in [0.717, 1.165) is 48.9 Å². The lowest BCUT2D eigenvalue weighted by Crippen LogP contribution is -2.52. The molecular weight excluding hydrogens is 421 g/mol. The van der Waals surface area contributed by atoms with Crippen LogP contribution in [0.25, 0.3) is 0 Å². The summed E-state index contributed by atoms with van der Waals surface area (Å²) in [6, 6.07) is 13.8. The molecule has 1 saturated heterocycles. The molecule has 3 rings (SSSR count). The number of aryl methyl sites for hydroxylation is 2. The quantitative estimate of drug-likeness (QED) is 0.427. The molecule has 0 aromatic heterocycles. The molecule has 1 aliphatic rings. The normalized spacial score (nSPS) is 18.0. The number of aliphatic hydroxyl groups excluding tert-OH is 1. The number of ether oxygens (including phenoxy) is 1. The largest absolute Gasteiger partial charge is 0.481 e. The summed E-state index contributed by atoms with van der Waals surface area (Å²) >= 11 is 0. The maximum atomic E-state index is 13.8. The van der Waals surface area contributed by atoms with Crippen molar-refractivity contribution in [3.05, 3.63) is 70.5 Å². The maximum absolute atomic E-state index is 13.8. The van der Waals surface area contributed by atoms with Crippen molar-refractivity contribution in [2.75, 3.05) is 19.7 Å². The Labute approximate surface area is 196 Å². The SMILES string of the molecule is Cc1ccc(C[C@@H]2CCN2C[C@@H](O)CO[C@H](C)c2ccccc2CCCCC(=O)O)cc1F. The average Bonchev–Trinajstić information content (AvgIpc) is 2.78. The van der Waals surface area contributed by atoms with Crippen LogP contribution in [-0.2, 0) is 22.4 Å². The lowest BCUT2D eigenvalue weighted by molar-refractivity contribution is -0.137. The molecule has 33 heavy (non-hydrogen) atoms. The third-order valence-corrected chi connectivity index (χ3v) is 6.54. The minimum Gasteiger partial charge on any atom is -0.481 e. The zero-order valence-electron chi connectivity index (χ0n) is 19.7. The lowest BCUT2D eigenvalue weighted by Gasteiger charge is -2.42. The number of carbonyl (C=O) groups is 1. The van der Waals surface area contributed by atoms with E-state index in [1.54, 1.807) is 13.0 Å².